The van der Waals surface area contributed by atoms with E-state index in [1.165, 1.54) is 36.4 Å². The Kier molecular flexibility index (Phi) is 5.35. The first-order valence-corrected chi connectivity index (χ1v) is 10.1. The molecular weight excluding hydrogens is 374 g/mol. The van der Waals surface area contributed by atoms with Crippen molar-refractivity contribution in [1.29, 1.82) is 0 Å². The molecule has 0 bridgehead atoms. The van der Waals surface area contributed by atoms with Crippen LogP contribution in [0.15, 0.2) is 48.5 Å². The lowest BCUT2D eigenvalue weighted by Crippen LogP contribution is -2.55. The number of nitrogens with zero attached hydrogens (tertiary/aromatic N) is 2. The molecule has 1 aliphatic heterocycles. The summed E-state index contributed by atoms with van der Waals surface area (Å²) in [5.74, 6) is -0.820. The van der Waals surface area contributed by atoms with Crippen molar-refractivity contribution in [2.75, 3.05) is 26.2 Å². The molecule has 0 aromatic heterocycles. The van der Waals surface area contributed by atoms with Gasteiger partial charge in [0.15, 0.2) is 0 Å². The second-order valence-corrected chi connectivity index (χ2v) is 7.89. The zero-order valence-corrected chi connectivity index (χ0v) is 16.2. The van der Waals surface area contributed by atoms with Crippen molar-refractivity contribution in [3.05, 3.63) is 71.3 Å². The van der Waals surface area contributed by atoms with Crippen LogP contribution in [0.1, 0.15) is 41.6 Å². The van der Waals surface area contributed by atoms with Crippen molar-refractivity contribution in [3.8, 4) is 0 Å². The molecule has 1 saturated heterocycles. The molecule has 0 unspecified atom stereocenters. The molecule has 0 N–H and O–H groups in total. The summed E-state index contributed by atoms with van der Waals surface area (Å²) in [7, 11) is 0. The van der Waals surface area contributed by atoms with Crippen LogP contribution in [0.4, 0.5) is 8.78 Å². The van der Waals surface area contributed by atoms with Gasteiger partial charge in [-0.15, -0.1) is 0 Å². The molecule has 1 aliphatic carbocycles. The maximum atomic E-state index is 13.8. The minimum Gasteiger partial charge on any atom is -0.338 e. The van der Waals surface area contributed by atoms with Crippen LogP contribution in [-0.4, -0.2) is 47.8 Å². The molecule has 152 valence electrons. The Morgan fingerprint density at radius 2 is 1.41 bits per heavy atom. The zero-order valence-electron chi connectivity index (χ0n) is 16.2. The fourth-order valence-electron chi connectivity index (χ4n) is 4.58. The first kappa shape index (κ1) is 19.6. The number of halogens is 2. The maximum absolute atomic E-state index is 13.8. The lowest BCUT2D eigenvalue weighted by Gasteiger charge is -2.40. The molecule has 4 nitrogen and oxygen atoms in total. The summed E-state index contributed by atoms with van der Waals surface area (Å²) in [5, 5.41) is 0. The number of carbonyl (C=O) groups is 2. The van der Waals surface area contributed by atoms with E-state index in [0.29, 0.717) is 31.7 Å². The van der Waals surface area contributed by atoms with E-state index in [-0.39, 0.29) is 23.4 Å². The van der Waals surface area contributed by atoms with E-state index in [4.69, 9.17) is 0 Å². The van der Waals surface area contributed by atoms with Gasteiger partial charge in [-0.3, -0.25) is 9.59 Å². The molecule has 2 fully saturated rings. The van der Waals surface area contributed by atoms with Crippen molar-refractivity contribution in [1.82, 2.24) is 9.80 Å². The van der Waals surface area contributed by atoms with Crippen LogP contribution in [0.5, 0.6) is 0 Å². The Labute approximate surface area is 169 Å². The molecule has 2 aromatic carbocycles. The minimum atomic E-state index is -0.661. The Morgan fingerprint density at radius 1 is 0.793 bits per heavy atom. The summed E-state index contributed by atoms with van der Waals surface area (Å²) in [6.45, 7) is 1.76. The lowest BCUT2D eigenvalue weighted by molar-refractivity contribution is -0.138. The van der Waals surface area contributed by atoms with Crippen molar-refractivity contribution in [2.45, 2.75) is 31.1 Å². The molecule has 2 aromatic rings. The Bertz CT molecular complexity index is 899. The topological polar surface area (TPSA) is 40.6 Å². The van der Waals surface area contributed by atoms with E-state index in [1.807, 2.05) is 11.0 Å². The summed E-state index contributed by atoms with van der Waals surface area (Å²) >= 11 is 0. The number of carbonyl (C=O) groups excluding carboxylic acids is 2. The molecule has 6 heteroatoms. The highest BCUT2D eigenvalue weighted by Gasteiger charge is 2.45. The van der Waals surface area contributed by atoms with Gasteiger partial charge >= 0.3 is 0 Å². The van der Waals surface area contributed by atoms with Crippen LogP contribution in [0.2, 0.25) is 0 Å². The Hall–Kier alpha value is -2.76. The van der Waals surface area contributed by atoms with Crippen LogP contribution in [0.25, 0.3) is 0 Å². The van der Waals surface area contributed by atoms with Gasteiger partial charge in [0.1, 0.15) is 11.6 Å². The number of hydrogen-bond acceptors (Lipinski definition) is 2. The van der Waals surface area contributed by atoms with E-state index in [9.17, 15) is 18.4 Å². The Balaban J connectivity index is 1.46. The van der Waals surface area contributed by atoms with Gasteiger partial charge < -0.3 is 9.80 Å². The van der Waals surface area contributed by atoms with E-state index >= 15 is 0 Å². The molecule has 29 heavy (non-hydrogen) atoms. The second-order valence-electron chi connectivity index (χ2n) is 7.89. The highest BCUT2D eigenvalue weighted by atomic mass is 19.1. The maximum Gasteiger partial charge on any atom is 0.253 e. The third kappa shape index (κ3) is 3.76. The highest BCUT2D eigenvalue weighted by Crippen LogP contribution is 2.43. The number of benzene rings is 2. The average Bonchev–Trinajstić information content (AvgIpc) is 3.25. The van der Waals surface area contributed by atoms with E-state index in [1.54, 1.807) is 11.0 Å². The molecule has 0 radical (unpaired) electrons. The first-order valence-electron chi connectivity index (χ1n) is 10.1. The zero-order chi connectivity index (χ0) is 20.4. The largest absolute Gasteiger partial charge is 0.338 e. The predicted molar refractivity (Wildman–Crippen MR) is 105 cm³/mol. The third-order valence-electron chi connectivity index (χ3n) is 6.19. The van der Waals surface area contributed by atoms with Crippen LogP contribution < -0.4 is 0 Å². The number of hydrogen-bond donors (Lipinski definition) is 0. The van der Waals surface area contributed by atoms with E-state index < -0.39 is 5.41 Å². The molecule has 0 spiro atoms. The van der Waals surface area contributed by atoms with E-state index in [0.717, 1.165) is 31.2 Å². The van der Waals surface area contributed by atoms with Gasteiger partial charge in [-0.1, -0.05) is 25.0 Å². The minimum absolute atomic E-state index is 0.0366. The first-order chi connectivity index (χ1) is 14.0. The van der Waals surface area contributed by atoms with Gasteiger partial charge in [-0.2, -0.15) is 0 Å². The van der Waals surface area contributed by atoms with Gasteiger partial charge in [-0.05, 0) is 54.8 Å². The van der Waals surface area contributed by atoms with Crippen molar-refractivity contribution < 1.29 is 18.4 Å². The quantitative estimate of drug-likeness (QED) is 0.790. The summed E-state index contributed by atoms with van der Waals surface area (Å²) in [6, 6.07) is 11.9. The van der Waals surface area contributed by atoms with Gasteiger partial charge in [0, 0.05) is 31.7 Å². The van der Waals surface area contributed by atoms with Crippen LogP contribution in [-0.2, 0) is 10.2 Å². The normalized spacial score (nSPS) is 18.7. The molecule has 1 saturated carbocycles. The van der Waals surface area contributed by atoms with Crippen LogP contribution >= 0.6 is 0 Å². The average molecular weight is 398 g/mol. The fourth-order valence-corrected chi connectivity index (χ4v) is 4.58. The molecule has 1 heterocycles. The van der Waals surface area contributed by atoms with Crippen molar-refractivity contribution in [3.63, 3.8) is 0 Å². The van der Waals surface area contributed by atoms with Crippen molar-refractivity contribution >= 4 is 11.8 Å². The van der Waals surface area contributed by atoms with Gasteiger partial charge in [-0.25, -0.2) is 8.78 Å². The SMILES string of the molecule is O=C(c1ccc(F)cc1)N1CCN(C(=O)C2(c3cccc(F)c3)CCCC2)CC1. The number of piperazine rings is 1. The summed E-state index contributed by atoms with van der Waals surface area (Å²) in [6.07, 6.45) is 3.35. The molecule has 0 atom stereocenters. The van der Waals surface area contributed by atoms with E-state index in [2.05, 4.69) is 0 Å². The fraction of sp³-hybridized carbons (Fsp3) is 0.391. The predicted octanol–water partition coefficient (Wildman–Crippen LogP) is 3.76. The van der Waals surface area contributed by atoms with Gasteiger partial charge in [0.25, 0.3) is 5.91 Å². The molecule has 2 aliphatic rings. The molecule has 2 amide bonds. The van der Waals surface area contributed by atoms with Gasteiger partial charge in [0.05, 0.1) is 5.41 Å². The van der Waals surface area contributed by atoms with Gasteiger partial charge in [0.2, 0.25) is 5.91 Å². The van der Waals surface area contributed by atoms with Crippen LogP contribution in [0.3, 0.4) is 0 Å². The van der Waals surface area contributed by atoms with Crippen LogP contribution in [0, 0.1) is 11.6 Å². The second kappa shape index (κ2) is 7.93. The molecular formula is C23H24F2N2O2. The smallest absolute Gasteiger partial charge is 0.253 e. The van der Waals surface area contributed by atoms with Crippen molar-refractivity contribution in [2.24, 2.45) is 0 Å². The third-order valence-corrected chi connectivity index (χ3v) is 6.19. The number of amides is 2. The summed E-state index contributed by atoms with van der Waals surface area (Å²) < 4.78 is 26.9. The number of rotatable bonds is 3. The monoisotopic (exact) mass is 398 g/mol. The Morgan fingerprint density at radius 3 is 2.03 bits per heavy atom. The standard InChI is InChI=1S/C23H24F2N2O2/c24-19-8-6-17(7-9-19)21(28)26-12-14-27(15-13-26)22(29)23(10-1-2-11-23)18-4-3-5-20(25)16-18/h3-9,16H,1-2,10-15H2. The summed E-state index contributed by atoms with van der Waals surface area (Å²) in [5.41, 5.74) is 0.536. The summed E-state index contributed by atoms with van der Waals surface area (Å²) in [4.78, 5) is 29.6. The molecule has 4 rings (SSSR count). The highest BCUT2D eigenvalue weighted by molar-refractivity contribution is 5.94. The lowest BCUT2D eigenvalue weighted by atomic mass is 9.77.